The summed E-state index contributed by atoms with van der Waals surface area (Å²) in [4.78, 5) is 30.5. The number of thiazole rings is 1. The topological polar surface area (TPSA) is 65.1 Å². The Morgan fingerprint density at radius 3 is 2.62 bits per heavy atom. The summed E-state index contributed by atoms with van der Waals surface area (Å²) >= 11 is 1.66. The van der Waals surface area contributed by atoms with Crippen molar-refractivity contribution in [1.82, 2.24) is 24.8 Å². The first-order chi connectivity index (χ1) is 12.6. The lowest BCUT2D eigenvalue weighted by molar-refractivity contribution is -0.132. The summed E-state index contributed by atoms with van der Waals surface area (Å²) in [5, 5.41) is 1.03. The van der Waals surface area contributed by atoms with E-state index in [1.54, 1.807) is 11.3 Å². The van der Waals surface area contributed by atoms with Crippen LogP contribution in [0.1, 0.15) is 21.4 Å². The van der Waals surface area contributed by atoms with Crippen LogP contribution in [0.3, 0.4) is 0 Å². The van der Waals surface area contributed by atoms with Crippen LogP contribution in [0, 0.1) is 13.8 Å². The zero-order chi connectivity index (χ0) is 18.1. The van der Waals surface area contributed by atoms with Gasteiger partial charge in [0.25, 0.3) is 0 Å². The van der Waals surface area contributed by atoms with Crippen LogP contribution in [0.25, 0.3) is 11.0 Å². The number of benzene rings is 1. The number of para-hydroxylation sites is 2. The van der Waals surface area contributed by atoms with Crippen LogP contribution in [0.4, 0.5) is 0 Å². The lowest BCUT2D eigenvalue weighted by atomic mass is 10.2. The molecule has 1 aliphatic heterocycles. The second-order valence-electron chi connectivity index (χ2n) is 6.77. The molecule has 0 bridgehead atoms. The first-order valence-corrected chi connectivity index (χ1v) is 9.77. The van der Waals surface area contributed by atoms with E-state index >= 15 is 0 Å². The molecule has 0 atom stereocenters. The van der Waals surface area contributed by atoms with Crippen molar-refractivity contribution in [3.8, 4) is 0 Å². The molecule has 1 N–H and O–H groups in total. The van der Waals surface area contributed by atoms with Crippen molar-refractivity contribution in [3.63, 3.8) is 0 Å². The number of amides is 1. The SMILES string of the molecule is Cc1nc(CC(=O)N2CCN(Cc3nc4ccccc4[nH]3)CC2)c(C)s1. The van der Waals surface area contributed by atoms with E-state index in [-0.39, 0.29) is 5.91 Å². The Labute approximate surface area is 156 Å². The molecule has 7 heteroatoms. The lowest BCUT2D eigenvalue weighted by Gasteiger charge is -2.34. The molecule has 6 nitrogen and oxygen atoms in total. The summed E-state index contributed by atoms with van der Waals surface area (Å²) in [5.41, 5.74) is 3.01. The van der Waals surface area contributed by atoms with Crippen LogP contribution in [-0.4, -0.2) is 56.8 Å². The van der Waals surface area contributed by atoms with Crippen LogP contribution in [-0.2, 0) is 17.8 Å². The van der Waals surface area contributed by atoms with Gasteiger partial charge in [0.1, 0.15) is 5.82 Å². The number of imidazole rings is 1. The number of nitrogens with one attached hydrogen (secondary N) is 1. The van der Waals surface area contributed by atoms with Crippen LogP contribution in [0.5, 0.6) is 0 Å². The number of carbonyl (C=O) groups excluding carboxylic acids is 1. The molecule has 0 radical (unpaired) electrons. The van der Waals surface area contributed by atoms with Crippen LogP contribution >= 0.6 is 11.3 Å². The maximum Gasteiger partial charge on any atom is 0.228 e. The number of nitrogens with zero attached hydrogens (tertiary/aromatic N) is 4. The fourth-order valence-electron chi connectivity index (χ4n) is 3.44. The van der Waals surface area contributed by atoms with E-state index in [9.17, 15) is 4.79 Å². The Hall–Kier alpha value is -2.25. The highest BCUT2D eigenvalue weighted by molar-refractivity contribution is 7.11. The van der Waals surface area contributed by atoms with Gasteiger partial charge in [-0.25, -0.2) is 9.97 Å². The minimum absolute atomic E-state index is 0.182. The molecule has 3 aromatic rings. The average molecular weight is 369 g/mol. The molecule has 0 saturated carbocycles. The molecule has 1 saturated heterocycles. The van der Waals surface area contributed by atoms with Crippen LogP contribution < -0.4 is 0 Å². The van der Waals surface area contributed by atoms with Gasteiger partial charge in [0.05, 0.1) is 34.7 Å². The van der Waals surface area contributed by atoms with E-state index in [2.05, 4.69) is 19.9 Å². The minimum Gasteiger partial charge on any atom is -0.341 e. The Kier molecular flexibility index (Phi) is 4.74. The van der Waals surface area contributed by atoms with E-state index in [0.29, 0.717) is 6.42 Å². The van der Waals surface area contributed by atoms with Crippen molar-refractivity contribution in [2.75, 3.05) is 26.2 Å². The number of fused-ring (bicyclic) bond motifs is 1. The summed E-state index contributed by atoms with van der Waals surface area (Å²) < 4.78 is 0. The standard InChI is InChI=1S/C19H23N5OS/c1-13-17(20-14(2)26-13)11-19(25)24-9-7-23(8-10-24)12-18-21-15-5-3-4-6-16(15)22-18/h3-6H,7-12H2,1-2H3,(H,21,22). The van der Waals surface area contributed by atoms with E-state index in [1.165, 1.54) is 0 Å². The van der Waals surface area contributed by atoms with E-state index < -0.39 is 0 Å². The predicted octanol–water partition coefficient (Wildman–Crippen LogP) is 2.52. The Balaban J connectivity index is 1.32. The number of aromatic amines is 1. The Morgan fingerprint density at radius 1 is 1.15 bits per heavy atom. The van der Waals surface area contributed by atoms with Crippen LogP contribution in [0.2, 0.25) is 0 Å². The molecule has 1 fully saturated rings. The lowest BCUT2D eigenvalue weighted by Crippen LogP contribution is -2.48. The van der Waals surface area contributed by atoms with Gasteiger partial charge in [0.2, 0.25) is 5.91 Å². The maximum atomic E-state index is 12.6. The van der Waals surface area contributed by atoms with Crippen molar-refractivity contribution < 1.29 is 4.79 Å². The molecule has 0 aliphatic carbocycles. The molecule has 1 amide bonds. The summed E-state index contributed by atoms with van der Waals surface area (Å²) in [6.45, 7) is 8.10. The summed E-state index contributed by atoms with van der Waals surface area (Å²) in [6.07, 6.45) is 0.416. The van der Waals surface area contributed by atoms with Gasteiger partial charge >= 0.3 is 0 Å². The highest BCUT2D eigenvalue weighted by Gasteiger charge is 2.23. The Morgan fingerprint density at radius 2 is 1.92 bits per heavy atom. The van der Waals surface area contributed by atoms with Gasteiger partial charge in [-0.05, 0) is 26.0 Å². The normalized spacial score (nSPS) is 15.7. The van der Waals surface area contributed by atoms with Gasteiger partial charge in [-0.1, -0.05) is 12.1 Å². The van der Waals surface area contributed by atoms with Gasteiger partial charge in [0.15, 0.2) is 0 Å². The van der Waals surface area contributed by atoms with E-state index in [4.69, 9.17) is 0 Å². The molecule has 0 spiro atoms. The third-order valence-electron chi connectivity index (χ3n) is 4.86. The van der Waals surface area contributed by atoms with Gasteiger partial charge < -0.3 is 9.88 Å². The smallest absolute Gasteiger partial charge is 0.228 e. The maximum absolute atomic E-state index is 12.6. The molecule has 2 aromatic heterocycles. The second kappa shape index (κ2) is 7.17. The highest BCUT2D eigenvalue weighted by atomic mass is 32.1. The van der Waals surface area contributed by atoms with Crippen molar-refractivity contribution in [3.05, 3.63) is 45.7 Å². The van der Waals surface area contributed by atoms with Crippen LogP contribution in [0.15, 0.2) is 24.3 Å². The second-order valence-corrected chi connectivity index (χ2v) is 8.18. The molecule has 3 heterocycles. The van der Waals surface area contributed by atoms with Crippen molar-refractivity contribution in [2.24, 2.45) is 0 Å². The number of H-pyrrole nitrogens is 1. The summed E-state index contributed by atoms with van der Waals surface area (Å²) in [7, 11) is 0. The molecule has 1 aliphatic rings. The third kappa shape index (κ3) is 3.64. The molecule has 26 heavy (non-hydrogen) atoms. The number of rotatable bonds is 4. The highest BCUT2D eigenvalue weighted by Crippen LogP contribution is 2.18. The minimum atomic E-state index is 0.182. The fourth-order valence-corrected chi connectivity index (χ4v) is 4.27. The fraction of sp³-hybridized carbons (Fsp3) is 0.421. The first-order valence-electron chi connectivity index (χ1n) is 8.95. The van der Waals surface area contributed by atoms with Crippen molar-refractivity contribution in [2.45, 2.75) is 26.8 Å². The number of aromatic nitrogens is 3. The van der Waals surface area contributed by atoms with E-state index in [1.807, 2.05) is 43.0 Å². The molecule has 4 rings (SSSR count). The number of hydrogen-bond donors (Lipinski definition) is 1. The molecule has 0 unspecified atom stereocenters. The summed E-state index contributed by atoms with van der Waals surface area (Å²) in [5.74, 6) is 1.17. The molecule has 1 aromatic carbocycles. The average Bonchev–Trinajstić information content (AvgIpc) is 3.17. The number of carbonyl (C=O) groups is 1. The van der Waals surface area contributed by atoms with Crippen molar-refractivity contribution >= 4 is 28.3 Å². The quantitative estimate of drug-likeness (QED) is 0.767. The zero-order valence-electron chi connectivity index (χ0n) is 15.2. The largest absolute Gasteiger partial charge is 0.341 e. The van der Waals surface area contributed by atoms with Gasteiger partial charge in [-0.15, -0.1) is 11.3 Å². The zero-order valence-corrected chi connectivity index (χ0v) is 16.0. The first kappa shape index (κ1) is 17.2. The third-order valence-corrected chi connectivity index (χ3v) is 5.78. The monoisotopic (exact) mass is 369 g/mol. The number of piperazine rings is 1. The number of hydrogen-bond acceptors (Lipinski definition) is 5. The predicted molar refractivity (Wildman–Crippen MR) is 103 cm³/mol. The number of aryl methyl sites for hydroxylation is 2. The molecule has 136 valence electrons. The summed E-state index contributed by atoms with van der Waals surface area (Å²) in [6, 6.07) is 8.09. The van der Waals surface area contributed by atoms with Crippen molar-refractivity contribution in [1.29, 1.82) is 0 Å². The molecular formula is C19H23N5OS. The molecular weight excluding hydrogens is 346 g/mol. The van der Waals surface area contributed by atoms with Gasteiger partial charge in [-0.2, -0.15) is 0 Å². The van der Waals surface area contributed by atoms with Gasteiger partial charge in [-0.3, -0.25) is 9.69 Å². The van der Waals surface area contributed by atoms with Gasteiger partial charge in [0, 0.05) is 31.1 Å². The van der Waals surface area contributed by atoms with E-state index in [0.717, 1.165) is 65.2 Å². The Bertz CT molecular complexity index is 890.